The molecular weight excluding hydrogens is 470 g/mol. The first-order chi connectivity index (χ1) is 17.9. The Morgan fingerprint density at radius 3 is 2.54 bits per heavy atom. The van der Waals surface area contributed by atoms with Crippen LogP contribution in [0.25, 0.3) is 11.3 Å². The molecule has 37 heavy (non-hydrogen) atoms. The van der Waals surface area contributed by atoms with Gasteiger partial charge in [0.1, 0.15) is 18.1 Å². The van der Waals surface area contributed by atoms with Crippen molar-refractivity contribution in [3.63, 3.8) is 0 Å². The Bertz CT molecular complexity index is 1280. The smallest absolute Gasteiger partial charge is 0.255 e. The Hall–Kier alpha value is -3.85. The van der Waals surface area contributed by atoms with E-state index >= 15 is 0 Å². The topological polar surface area (TPSA) is 88.9 Å². The van der Waals surface area contributed by atoms with E-state index in [-0.39, 0.29) is 11.8 Å². The van der Waals surface area contributed by atoms with Crippen LogP contribution in [-0.4, -0.2) is 76.8 Å². The Morgan fingerprint density at radius 2 is 1.86 bits per heavy atom. The van der Waals surface area contributed by atoms with Gasteiger partial charge in [0, 0.05) is 68.7 Å². The SMILES string of the molecule is COc1cccc(C(=O)Nc2ccc(OCCN3CC4CCC(C3)N4C(C)=O)c(-c3ccnn3C)c2)c1. The molecule has 2 bridgehead atoms. The quantitative estimate of drug-likeness (QED) is 0.507. The number of amides is 2. The lowest BCUT2D eigenvalue weighted by Crippen LogP contribution is -2.55. The molecule has 0 spiro atoms. The van der Waals surface area contributed by atoms with Crippen molar-refractivity contribution in [2.45, 2.75) is 31.8 Å². The molecule has 3 heterocycles. The van der Waals surface area contributed by atoms with Crippen LogP contribution in [-0.2, 0) is 11.8 Å². The highest BCUT2D eigenvalue weighted by Crippen LogP contribution is 2.33. The van der Waals surface area contributed by atoms with Crippen molar-refractivity contribution in [1.82, 2.24) is 19.6 Å². The van der Waals surface area contributed by atoms with Gasteiger partial charge in [0.05, 0.1) is 12.8 Å². The lowest BCUT2D eigenvalue weighted by atomic mass is 10.1. The largest absolute Gasteiger partial charge is 0.497 e. The molecule has 0 aliphatic carbocycles. The molecule has 2 aromatic carbocycles. The molecule has 1 N–H and O–H groups in total. The minimum Gasteiger partial charge on any atom is -0.497 e. The summed E-state index contributed by atoms with van der Waals surface area (Å²) in [4.78, 5) is 29.3. The number of fused-ring (bicyclic) bond motifs is 2. The number of hydrogen-bond acceptors (Lipinski definition) is 6. The van der Waals surface area contributed by atoms with Crippen molar-refractivity contribution < 1.29 is 19.1 Å². The van der Waals surface area contributed by atoms with Gasteiger partial charge in [0.15, 0.2) is 0 Å². The van der Waals surface area contributed by atoms with Gasteiger partial charge in [0.25, 0.3) is 5.91 Å². The third-order valence-electron chi connectivity index (χ3n) is 7.25. The van der Waals surface area contributed by atoms with E-state index < -0.39 is 0 Å². The number of carbonyl (C=O) groups excluding carboxylic acids is 2. The maximum absolute atomic E-state index is 12.9. The molecule has 2 unspecified atom stereocenters. The molecule has 2 aliphatic rings. The average molecular weight is 504 g/mol. The number of anilines is 1. The Labute approximate surface area is 217 Å². The van der Waals surface area contributed by atoms with Crippen LogP contribution in [0.2, 0.25) is 0 Å². The van der Waals surface area contributed by atoms with Crippen LogP contribution < -0.4 is 14.8 Å². The van der Waals surface area contributed by atoms with Gasteiger partial charge < -0.3 is 19.7 Å². The summed E-state index contributed by atoms with van der Waals surface area (Å²) >= 11 is 0. The lowest BCUT2D eigenvalue weighted by molar-refractivity contribution is -0.134. The van der Waals surface area contributed by atoms with E-state index in [1.165, 1.54) is 0 Å². The zero-order chi connectivity index (χ0) is 25.9. The van der Waals surface area contributed by atoms with Crippen molar-refractivity contribution >= 4 is 17.5 Å². The predicted molar refractivity (Wildman–Crippen MR) is 141 cm³/mol. The second-order valence-electron chi connectivity index (χ2n) is 9.66. The molecule has 9 nitrogen and oxygen atoms in total. The summed E-state index contributed by atoms with van der Waals surface area (Å²) < 4.78 is 13.3. The molecule has 3 aromatic rings. The molecule has 1 aromatic heterocycles. The fourth-order valence-electron chi connectivity index (χ4n) is 5.51. The number of nitrogens with one attached hydrogen (secondary N) is 1. The van der Waals surface area contributed by atoms with E-state index in [1.807, 2.05) is 31.3 Å². The Kier molecular flexibility index (Phi) is 7.14. The second kappa shape index (κ2) is 10.6. The first-order valence-corrected chi connectivity index (χ1v) is 12.6. The molecule has 0 radical (unpaired) electrons. The summed E-state index contributed by atoms with van der Waals surface area (Å²) in [6, 6.07) is 15.2. The molecule has 2 saturated heterocycles. The number of nitrogens with zero attached hydrogens (tertiary/aromatic N) is 4. The average Bonchev–Trinajstić information content (AvgIpc) is 3.44. The third kappa shape index (κ3) is 5.32. The molecule has 2 fully saturated rings. The van der Waals surface area contributed by atoms with E-state index in [9.17, 15) is 9.59 Å². The van der Waals surface area contributed by atoms with Gasteiger partial charge in [0.2, 0.25) is 5.91 Å². The van der Waals surface area contributed by atoms with E-state index in [1.54, 1.807) is 49.2 Å². The first-order valence-electron chi connectivity index (χ1n) is 12.6. The van der Waals surface area contributed by atoms with Crippen molar-refractivity contribution in [3.8, 4) is 22.8 Å². The van der Waals surface area contributed by atoms with E-state index in [4.69, 9.17) is 9.47 Å². The van der Waals surface area contributed by atoms with Gasteiger partial charge in [-0.2, -0.15) is 5.10 Å². The summed E-state index contributed by atoms with van der Waals surface area (Å²) in [5.74, 6) is 1.32. The number of ether oxygens (including phenoxy) is 2. The summed E-state index contributed by atoms with van der Waals surface area (Å²) in [5, 5.41) is 7.29. The van der Waals surface area contributed by atoms with Crippen LogP contribution in [0.15, 0.2) is 54.7 Å². The molecule has 2 amide bonds. The van der Waals surface area contributed by atoms with Crippen LogP contribution in [0, 0.1) is 0 Å². The van der Waals surface area contributed by atoms with Crippen LogP contribution in [0.4, 0.5) is 5.69 Å². The summed E-state index contributed by atoms with van der Waals surface area (Å²) in [6.45, 7) is 4.77. The Morgan fingerprint density at radius 1 is 1.08 bits per heavy atom. The number of hydrogen-bond donors (Lipinski definition) is 1. The third-order valence-corrected chi connectivity index (χ3v) is 7.25. The number of carbonyl (C=O) groups is 2. The number of aryl methyl sites for hydroxylation is 1. The summed E-state index contributed by atoms with van der Waals surface area (Å²) in [5.41, 5.74) is 2.92. The normalized spacial score (nSPS) is 19.1. The highest BCUT2D eigenvalue weighted by molar-refractivity contribution is 6.04. The predicted octanol–water partition coefficient (Wildman–Crippen LogP) is 3.42. The maximum atomic E-state index is 12.9. The highest BCUT2D eigenvalue weighted by atomic mass is 16.5. The van der Waals surface area contributed by atoms with Gasteiger partial charge in [-0.25, -0.2) is 0 Å². The fraction of sp³-hybridized carbons (Fsp3) is 0.393. The number of benzene rings is 2. The van der Waals surface area contributed by atoms with Gasteiger partial charge in [-0.1, -0.05) is 6.07 Å². The van der Waals surface area contributed by atoms with Gasteiger partial charge in [-0.05, 0) is 55.3 Å². The number of methoxy groups -OCH3 is 1. The molecule has 9 heteroatoms. The first kappa shape index (κ1) is 24.8. The zero-order valence-corrected chi connectivity index (χ0v) is 21.5. The van der Waals surface area contributed by atoms with Crippen molar-refractivity contribution in [1.29, 1.82) is 0 Å². The van der Waals surface area contributed by atoms with E-state index in [2.05, 4.69) is 20.2 Å². The molecular formula is C28H33N5O4. The zero-order valence-electron chi connectivity index (χ0n) is 21.5. The van der Waals surface area contributed by atoms with Crippen molar-refractivity contribution in [2.75, 3.05) is 38.7 Å². The number of piperazine rings is 1. The van der Waals surface area contributed by atoms with E-state index in [0.29, 0.717) is 35.7 Å². The van der Waals surface area contributed by atoms with Crippen molar-refractivity contribution in [2.24, 2.45) is 7.05 Å². The summed E-state index contributed by atoms with van der Waals surface area (Å²) in [7, 11) is 3.46. The van der Waals surface area contributed by atoms with Crippen LogP contribution in [0.5, 0.6) is 11.5 Å². The lowest BCUT2D eigenvalue weighted by Gasteiger charge is -2.40. The maximum Gasteiger partial charge on any atom is 0.255 e. The molecule has 194 valence electrons. The standard InChI is InChI=1S/C28H33N5O4/c1-19(34)33-22-8-9-23(33)18-32(17-22)13-14-37-27-10-7-21(16-25(27)26-11-12-29-31(26)2)30-28(35)20-5-4-6-24(15-20)36-3/h4-7,10-12,15-16,22-23H,8-9,13-14,17-18H2,1-3H3,(H,30,35). The van der Waals surface area contributed by atoms with Crippen molar-refractivity contribution in [3.05, 3.63) is 60.3 Å². The van der Waals surface area contributed by atoms with Crippen LogP contribution in [0.3, 0.4) is 0 Å². The summed E-state index contributed by atoms with van der Waals surface area (Å²) in [6.07, 6.45) is 3.90. The monoisotopic (exact) mass is 503 g/mol. The van der Waals surface area contributed by atoms with Gasteiger partial charge in [-0.3, -0.25) is 19.2 Å². The minimum absolute atomic E-state index is 0.183. The molecule has 5 rings (SSSR count). The molecule has 2 aliphatic heterocycles. The van der Waals surface area contributed by atoms with Gasteiger partial charge in [-0.15, -0.1) is 0 Å². The van der Waals surface area contributed by atoms with Crippen LogP contribution in [0.1, 0.15) is 30.1 Å². The van der Waals surface area contributed by atoms with E-state index in [0.717, 1.165) is 49.5 Å². The molecule has 0 saturated carbocycles. The minimum atomic E-state index is -0.220. The number of aromatic nitrogens is 2. The number of rotatable bonds is 8. The van der Waals surface area contributed by atoms with Crippen LogP contribution >= 0.6 is 0 Å². The van der Waals surface area contributed by atoms with Gasteiger partial charge >= 0.3 is 0 Å². The highest BCUT2D eigenvalue weighted by Gasteiger charge is 2.40. The Balaban J connectivity index is 1.28. The molecule has 2 atom stereocenters. The fourth-order valence-corrected chi connectivity index (χ4v) is 5.51. The second-order valence-corrected chi connectivity index (χ2v) is 9.66. The number of likely N-dealkylation sites (tertiary alicyclic amines) is 1.